The summed E-state index contributed by atoms with van der Waals surface area (Å²) in [6, 6.07) is 8.68. The monoisotopic (exact) mass is 554 g/mol. The van der Waals surface area contributed by atoms with E-state index in [1.807, 2.05) is 13.0 Å². The molecule has 2 amide bonds. The third-order valence-corrected chi connectivity index (χ3v) is 7.72. The Morgan fingerprint density at radius 3 is 2.55 bits per heavy atom. The lowest BCUT2D eigenvalue weighted by Crippen LogP contribution is -2.39. The first kappa shape index (κ1) is 29.3. The van der Waals surface area contributed by atoms with Crippen molar-refractivity contribution in [3.05, 3.63) is 74.8 Å². The average molecular weight is 555 g/mol. The van der Waals surface area contributed by atoms with Gasteiger partial charge in [0.25, 0.3) is 5.69 Å². The number of allylic oxidation sites excluding steroid dienone is 1. The molecule has 4 atom stereocenters. The summed E-state index contributed by atoms with van der Waals surface area (Å²) in [5.74, 6) is -2.85. The summed E-state index contributed by atoms with van der Waals surface area (Å²) >= 11 is 0. The molecule has 4 N–H and O–H groups in total. The van der Waals surface area contributed by atoms with Crippen molar-refractivity contribution in [1.82, 2.24) is 0 Å². The number of rotatable bonds is 12. The maximum Gasteiger partial charge on any atom is 0.271 e. The van der Waals surface area contributed by atoms with Crippen molar-refractivity contribution in [3.8, 4) is 0 Å². The lowest BCUT2D eigenvalue weighted by atomic mass is 9.68. The molecule has 1 fully saturated rings. The molecular formula is C29H34N2O9. The molecule has 0 radical (unpaired) electrons. The predicted octanol–water partition coefficient (Wildman–Crippen LogP) is 3.11. The normalized spacial score (nSPS) is 22.2. The van der Waals surface area contributed by atoms with Crippen LogP contribution in [-0.2, 0) is 16.2 Å². The van der Waals surface area contributed by atoms with Gasteiger partial charge in [-0.05, 0) is 61.1 Å². The molecule has 0 saturated carbocycles. The van der Waals surface area contributed by atoms with Crippen molar-refractivity contribution >= 4 is 29.3 Å². The molecule has 0 spiro atoms. The molecule has 214 valence electrons. The van der Waals surface area contributed by atoms with Gasteiger partial charge < -0.3 is 24.8 Å². The second-order valence-corrected chi connectivity index (χ2v) is 10.2. The van der Waals surface area contributed by atoms with Crippen molar-refractivity contribution < 1.29 is 39.4 Å². The van der Waals surface area contributed by atoms with Crippen LogP contribution >= 0.6 is 0 Å². The van der Waals surface area contributed by atoms with Crippen LogP contribution in [0, 0.1) is 27.9 Å². The number of hydrogen-bond acceptors (Lipinski definition) is 9. The van der Waals surface area contributed by atoms with E-state index in [1.54, 1.807) is 12.1 Å². The minimum absolute atomic E-state index is 0.0358. The van der Waals surface area contributed by atoms with E-state index < -0.39 is 53.8 Å². The number of aliphatic hydroxyl groups is 4. The van der Waals surface area contributed by atoms with Crippen LogP contribution in [0.4, 0.5) is 11.4 Å². The van der Waals surface area contributed by atoms with Gasteiger partial charge in [-0.2, -0.15) is 0 Å². The number of carbonyl (C=O) groups excluding carboxylic acids is 2. The molecule has 0 unspecified atom stereocenters. The highest BCUT2D eigenvalue weighted by atomic mass is 16.6. The van der Waals surface area contributed by atoms with Crippen LogP contribution in [-0.4, -0.2) is 56.5 Å². The van der Waals surface area contributed by atoms with E-state index in [0.29, 0.717) is 29.1 Å². The number of nitro groups is 1. The Hall–Kier alpha value is -3.64. The van der Waals surface area contributed by atoms with Gasteiger partial charge in [0.15, 0.2) is 0 Å². The fourth-order valence-electron chi connectivity index (χ4n) is 5.93. The third kappa shape index (κ3) is 5.78. The van der Waals surface area contributed by atoms with Crippen molar-refractivity contribution in [2.75, 3.05) is 18.1 Å². The second kappa shape index (κ2) is 12.7. The molecule has 2 heterocycles. The highest BCUT2D eigenvalue weighted by Gasteiger charge is 2.55. The molecule has 1 aliphatic carbocycles. The summed E-state index contributed by atoms with van der Waals surface area (Å²) in [6.07, 6.45) is 3.15. The zero-order valence-corrected chi connectivity index (χ0v) is 22.2. The van der Waals surface area contributed by atoms with Crippen molar-refractivity contribution in [2.24, 2.45) is 17.8 Å². The van der Waals surface area contributed by atoms with Gasteiger partial charge in [-0.25, -0.2) is 4.90 Å². The number of furan rings is 1. The number of imide groups is 1. The second-order valence-electron chi connectivity index (χ2n) is 10.2. The number of aliphatic hydroxyl groups excluding tert-OH is 4. The Morgan fingerprint density at radius 1 is 1.15 bits per heavy atom. The van der Waals surface area contributed by atoms with Crippen LogP contribution in [0.1, 0.15) is 50.5 Å². The quantitative estimate of drug-likeness (QED) is 0.133. The number of benzene rings is 1. The van der Waals surface area contributed by atoms with Crippen molar-refractivity contribution in [2.45, 2.75) is 51.7 Å². The molecule has 0 bridgehead atoms. The molecule has 1 aliphatic heterocycles. The summed E-state index contributed by atoms with van der Waals surface area (Å²) in [7, 11) is 0. The molecule has 2 aromatic rings. The molecule has 11 heteroatoms. The van der Waals surface area contributed by atoms with E-state index in [-0.39, 0.29) is 30.8 Å². The van der Waals surface area contributed by atoms with E-state index in [4.69, 9.17) is 4.42 Å². The lowest BCUT2D eigenvalue weighted by Gasteiger charge is -2.36. The fraction of sp³-hybridized carbons (Fsp3) is 0.448. The molecule has 1 saturated heterocycles. The van der Waals surface area contributed by atoms with E-state index in [2.05, 4.69) is 0 Å². The lowest BCUT2D eigenvalue weighted by molar-refractivity contribution is -0.384. The molecule has 40 heavy (non-hydrogen) atoms. The minimum atomic E-state index is -1.08. The smallest absolute Gasteiger partial charge is 0.271 e. The predicted molar refractivity (Wildman–Crippen MR) is 145 cm³/mol. The van der Waals surface area contributed by atoms with Gasteiger partial charge in [0, 0.05) is 18.1 Å². The van der Waals surface area contributed by atoms with Crippen LogP contribution in [0.3, 0.4) is 0 Å². The number of non-ortho nitro benzene ring substituents is 1. The number of nitro benzene ring substituents is 1. The van der Waals surface area contributed by atoms with Gasteiger partial charge in [-0.1, -0.05) is 25.0 Å². The summed E-state index contributed by atoms with van der Waals surface area (Å²) < 4.78 is 5.56. The number of fused-ring (bicyclic) bond motifs is 1. The Morgan fingerprint density at radius 2 is 1.93 bits per heavy atom. The largest absolute Gasteiger partial charge is 0.459 e. The zero-order chi connectivity index (χ0) is 29.0. The molecule has 1 aromatic carbocycles. The summed E-state index contributed by atoms with van der Waals surface area (Å²) in [4.78, 5) is 38.5. The molecule has 4 rings (SSSR count). The maximum absolute atomic E-state index is 13.6. The highest BCUT2D eigenvalue weighted by molar-refractivity contribution is 6.22. The van der Waals surface area contributed by atoms with Gasteiger partial charge in [0.2, 0.25) is 11.8 Å². The number of hydrogen-bond donors (Lipinski definition) is 4. The fourth-order valence-corrected chi connectivity index (χ4v) is 5.93. The minimum Gasteiger partial charge on any atom is -0.459 e. The molecule has 2 aliphatic rings. The van der Waals surface area contributed by atoms with Gasteiger partial charge >= 0.3 is 0 Å². The van der Waals surface area contributed by atoms with E-state index >= 15 is 0 Å². The summed E-state index contributed by atoms with van der Waals surface area (Å²) in [6.45, 7) is 0.848. The maximum atomic E-state index is 13.6. The topological polar surface area (TPSA) is 175 Å². The SMILES string of the molecule is CCC/C(=C\c1ccc(CO)o1)CC[C@@H](O)C1=C(CO)C[C@H]2C(=O)N(c3cccc([N+](=O)[O-])c3)C(=O)[C@H]2[C@H]1CO. The van der Waals surface area contributed by atoms with E-state index in [0.717, 1.165) is 29.4 Å². The van der Waals surface area contributed by atoms with Crippen LogP contribution in [0.5, 0.6) is 0 Å². The average Bonchev–Trinajstić information content (AvgIpc) is 3.51. The van der Waals surface area contributed by atoms with Crippen LogP contribution in [0.2, 0.25) is 0 Å². The van der Waals surface area contributed by atoms with Crippen LogP contribution in [0.15, 0.2) is 57.5 Å². The van der Waals surface area contributed by atoms with E-state index in [1.165, 1.54) is 18.2 Å². The Balaban J connectivity index is 1.58. The van der Waals surface area contributed by atoms with Crippen molar-refractivity contribution in [3.63, 3.8) is 0 Å². The molecule has 11 nitrogen and oxygen atoms in total. The third-order valence-electron chi connectivity index (χ3n) is 7.72. The zero-order valence-electron chi connectivity index (χ0n) is 22.2. The van der Waals surface area contributed by atoms with Crippen LogP contribution < -0.4 is 4.90 Å². The standard InChI is InChI=1S/C29H34N2O9/c1-2-4-17(11-21-8-9-22(15-33)40-21)7-10-25(35)26-18(14-32)12-23-27(24(26)16-34)29(37)30(28(23)36)19-5-3-6-20(13-19)31(38)39/h3,5-6,8-9,11,13,23-25,27,32-35H,2,4,7,10,12,14-16H2,1H3/b17-11+/t23-,24+,25-,27-/m1/s1. The van der Waals surface area contributed by atoms with Gasteiger partial charge in [0.05, 0.1) is 41.8 Å². The number of nitrogens with zero attached hydrogens (tertiary/aromatic N) is 2. The van der Waals surface area contributed by atoms with Gasteiger partial charge in [-0.15, -0.1) is 0 Å². The number of anilines is 1. The first-order valence-corrected chi connectivity index (χ1v) is 13.4. The van der Waals surface area contributed by atoms with Crippen LogP contribution in [0.25, 0.3) is 6.08 Å². The number of amides is 2. The Bertz CT molecular complexity index is 1330. The first-order chi connectivity index (χ1) is 19.2. The highest BCUT2D eigenvalue weighted by Crippen LogP contribution is 2.47. The van der Waals surface area contributed by atoms with Gasteiger partial charge in [0.1, 0.15) is 18.1 Å². The van der Waals surface area contributed by atoms with Gasteiger partial charge in [-0.3, -0.25) is 19.7 Å². The Labute approximate surface area is 231 Å². The molecule has 1 aromatic heterocycles. The first-order valence-electron chi connectivity index (χ1n) is 13.4. The number of carbonyl (C=O) groups is 2. The Kier molecular flexibility index (Phi) is 9.31. The van der Waals surface area contributed by atoms with Crippen molar-refractivity contribution in [1.29, 1.82) is 0 Å². The molecular weight excluding hydrogens is 520 g/mol. The summed E-state index contributed by atoms with van der Waals surface area (Å²) in [5, 5.41) is 52.4. The van der Waals surface area contributed by atoms with E-state index in [9.17, 15) is 40.1 Å². The summed E-state index contributed by atoms with van der Waals surface area (Å²) in [5.41, 5.74) is 1.58.